The van der Waals surface area contributed by atoms with Crippen LogP contribution in [-0.2, 0) is 4.79 Å². The van der Waals surface area contributed by atoms with Crippen molar-refractivity contribution in [3.05, 3.63) is 57.0 Å². The van der Waals surface area contributed by atoms with Crippen molar-refractivity contribution in [3.8, 4) is 6.07 Å². The molecular formula is C26H28BrN5OS2. The van der Waals surface area contributed by atoms with Crippen LogP contribution in [0.5, 0.6) is 0 Å². The molecule has 0 bridgehead atoms. The molecule has 182 valence electrons. The van der Waals surface area contributed by atoms with Crippen LogP contribution in [0.1, 0.15) is 70.3 Å². The first kappa shape index (κ1) is 24.5. The Bertz CT molecular complexity index is 1270. The summed E-state index contributed by atoms with van der Waals surface area (Å²) >= 11 is 6.92. The third-order valence-electron chi connectivity index (χ3n) is 7.00. The van der Waals surface area contributed by atoms with Gasteiger partial charge in [0.2, 0.25) is 5.13 Å². The number of hydrogen-bond donors (Lipinski definition) is 1. The summed E-state index contributed by atoms with van der Waals surface area (Å²) in [4.78, 5) is 15.5. The molecule has 1 aliphatic heterocycles. The first-order valence-corrected chi connectivity index (χ1v) is 14.5. The van der Waals surface area contributed by atoms with Gasteiger partial charge in [0.1, 0.15) is 5.82 Å². The van der Waals surface area contributed by atoms with E-state index in [9.17, 15) is 10.1 Å². The molecule has 0 spiro atoms. The molecule has 1 aromatic carbocycles. The summed E-state index contributed by atoms with van der Waals surface area (Å²) in [6.45, 7) is 4.20. The van der Waals surface area contributed by atoms with Crippen molar-refractivity contribution >= 4 is 49.9 Å². The standard InChI is InChI=1S/C26H28BrN5OS2/c1-26(2)12-19-22(20(33)13-26)21(16-10-6-7-11-18(16)27)17(14-28)23(29)32(19)24-30-31-25(35-24)34-15-8-4-3-5-9-15/h6-7,10-11,15,21H,3-5,8-9,12-13,29H2,1-2H3. The Morgan fingerprint density at radius 2 is 1.94 bits per heavy atom. The van der Waals surface area contributed by atoms with Gasteiger partial charge in [-0.3, -0.25) is 9.69 Å². The maximum absolute atomic E-state index is 13.6. The van der Waals surface area contributed by atoms with Crippen LogP contribution in [-0.4, -0.2) is 21.2 Å². The number of halogens is 1. The molecule has 35 heavy (non-hydrogen) atoms. The number of nitrogens with zero attached hydrogens (tertiary/aromatic N) is 4. The predicted octanol–water partition coefficient (Wildman–Crippen LogP) is 6.67. The second kappa shape index (κ2) is 9.72. The maximum atomic E-state index is 13.6. The second-order valence-corrected chi connectivity index (χ2v) is 13.6. The van der Waals surface area contributed by atoms with E-state index in [1.54, 1.807) is 11.8 Å². The minimum atomic E-state index is -0.505. The highest BCUT2D eigenvalue weighted by Crippen LogP contribution is 2.51. The zero-order valence-electron chi connectivity index (χ0n) is 19.9. The van der Waals surface area contributed by atoms with Crippen LogP contribution in [0.25, 0.3) is 0 Å². The van der Waals surface area contributed by atoms with E-state index in [2.05, 4.69) is 46.0 Å². The molecule has 1 fully saturated rings. The first-order chi connectivity index (χ1) is 16.8. The fourth-order valence-electron chi connectivity index (χ4n) is 5.41. The molecule has 5 rings (SSSR count). The molecule has 2 heterocycles. The van der Waals surface area contributed by atoms with Crippen molar-refractivity contribution in [1.82, 2.24) is 10.2 Å². The quantitative estimate of drug-likeness (QED) is 0.439. The van der Waals surface area contributed by atoms with E-state index < -0.39 is 5.92 Å². The number of hydrogen-bond acceptors (Lipinski definition) is 8. The molecule has 3 aliphatic rings. The van der Waals surface area contributed by atoms with E-state index in [0.717, 1.165) is 20.1 Å². The number of carbonyl (C=O) groups excluding carboxylic acids is 1. The first-order valence-electron chi connectivity index (χ1n) is 12.0. The summed E-state index contributed by atoms with van der Waals surface area (Å²) in [6, 6.07) is 10.1. The lowest BCUT2D eigenvalue weighted by atomic mass is 9.69. The van der Waals surface area contributed by atoms with Crippen molar-refractivity contribution in [2.24, 2.45) is 11.1 Å². The molecule has 2 aliphatic carbocycles. The zero-order chi connectivity index (χ0) is 24.7. The third kappa shape index (κ3) is 4.68. The van der Waals surface area contributed by atoms with Crippen molar-refractivity contribution in [2.75, 3.05) is 4.90 Å². The Kier molecular flexibility index (Phi) is 6.81. The van der Waals surface area contributed by atoms with Gasteiger partial charge in [0.05, 0.1) is 17.6 Å². The second-order valence-electron chi connectivity index (χ2n) is 10.2. The molecule has 2 aromatic rings. The number of aromatic nitrogens is 2. The van der Waals surface area contributed by atoms with Gasteiger partial charge in [-0.25, -0.2) is 0 Å². The highest BCUT2D eigenvalue weighted by atomic mass is 79.9. The van der Waals surface area contributed by atoms with Gasteiger partial charge in [-0.15, -0.1) is 10.2 Å². The minimum Gasteiger partial charge on any atom is -0.384 e. The summed E-state index contributed by atoms with van der Waals surface area (Å²) in [6.07, 6.45) is 7.34. The van der Waals surface area contributed by atoms with Crippen LogP contribution >= 0.6 is 39.0 Å². The summed E-state index contributed by atoms with van der Waals surface area (Å²) in [7, 11) is 0. The minimum absolute atomic E-state index is 0.0589. The van der Waals surface area contributed by atoms with E-state index in [0.29, 0.717) is 40.2 Å². The van der Waals surface area contributed by atoms with Gasteiger partial charge in [-0.2, -0.15) is 5.26 Å². The Morgan fingerprint density at radius 1 is 1.20 bits per heavy atom. The molecule has 1 unspecified atom stereocenters. The highest BCUT2D eigenvalue weighted by Gasteiger charge is 2.45. The van der Waals surface area contributed by atoms with Gasteiger partial charge in [0, 0.05) is 27.4 Å². The smallest absolute Gasteiger partial charge is 0.219 e. The number of benzene rings is 1. The number of nitrogens with two attached hydrogens (primary N) is 1. The Balaban J connectivity index is 1.62. The number of Topliss-reactive ketones (excluding diaryl/α,β-unsaturated/α-hetero) is 1. The Morgan fingerprint density at radius 3 is 2.66 bits per heavy atom. The van der Waals surface area contributed by atoms with Crippen molar-refractivity contribution < 1.29 is 4.79 Å². The number of nitriles is 1. The largest absolute Gasteiger partial charge is 0.384 e. The number of anilines is 1. The lowest BCUT2D eigenvalue weighted by Gasteiger charge is -2.42. The van der Waals surface area contributed by atoms with Crippen LogP contribution in [0.4, 0.5) is 5.13 Å². The van der Waals surface area contributed by atoms with Crippen molar-refractivity contribution in [2.45, 2.75) is 74.3 Å². The van der Waals surface area contributed by atoms with Gasteiger partial charge >= 0.3 is 0 Å². The van der Waals surface area contributed by atoms with Crippen molar-refractivity contribution in [3.63, 3.8) is 0 Å². The molecule has 0 saturated heterocycles. The average Bonchev–Trinajstić information content (AvgIpc) is 3.26. The van der Waals surface area contributed by atoms with E-state index in [-0.39, 0.29) is 11.2 Å². The zero-order valence-corrected chi connectivity index (χ0v) is 23.1. The molecular weight excluding hydrogens is 542 g/mol. The summed E-state index contributed by atoms with van der Waals surface area (Å²) < 4.78 is 1.76. The van der Waals surface area contributed by atoms with E-state index in [4.69, 9.17) is 5.73 Å². The van der Waals surface area contributed by atoms with Crippen LogP contribution in [0.2, 0.25) is 0 Å². The number of rotatable bonds is 4. The molecule has 9 heteroatoms. The SMILES string of the molecule is CC1(C)CC(=O)C2=C(C1)N(c1nnc(SC3CCCCC3)s1)C(N)=C(C#N)C2c1ccccc1Br. The number of thioether (sulfide) groups is 1. The fraction of sp³-hybridized carbons (Fsp3) is 0.462. The number of allylic oxidation sites excluding steroid dienone is 3. The molecule has 0 amide bonds. The van der Waals surface area contributed by atoms with E-state index in [1.807, 2.05) is 29.2 Å². The predicted molar refractivity (Wildman–Crippen MR) is 144 cm³/mol. The van der Waals surface area contributed by atoms with Gasteiger partial charge in [0.25, 0.3) is 0 Å². The molecule has 1 aromatic heterocycles. The van der Waals surface area contributed by atoms with Gasteiger partial charge in [-0.05, 0) is 36.3 Å². The maximum Gasteiger partial charge on any atom is 0.219 e. The Labute approximate surface area is 222 Å². The lowest BCUT2D eigenvalue weighted by Crippen LogP contribution is -2.42. The van der Waals surface area contributed by atoms with Crippen LogP contribution in [0.3, 0.4) is 0 Å². The van der Waals surface area contributed by atoms with Gasteiger partial charge in [0.15, 0.2) is 10.1 Å². The van der Waals surface area contributed by atoms with Gasteiger partial charge in [-0.1, -0.05) is 90.3 Å². The number of ketones is 1. The average molecular weight is 571 g/mol. The van der Waals surface area contributed by atoms with E-state index in [1.165, 1.54) is 43.4 Å². The van der Waals surface area contributed by atoms with Crippen LogP contribution in [0, 0.1) is 16.7 Å². The fourth-order valence-corrected chi connectivity index (χ4v) is 8.31. The highest BCUT2D eigenvalue weighted by molar-refractivity contribution is 9.10. The molecule has 0 radical (unpaired) electrons. The normalized spacial score (nSPS) is 22.9. The molecule has 1 atom stereocenters. The van der Waals surface area contributed by atoms with Crippen LogP contribution < -0.4 is 10.6 Å². The molecule has 6 nitrogen and oxygen atoms in total. The molecule has 2 N–H and O–H groups in total. The summed E-state index contributed by atoms with van der Waals surface area (Å²) in [5.41, 5.74) is 9.25. The topological polar surface area (TPSA) is 95.9 Å². The monoisotopic (exact) mass is 569 g/mol. The third-order valence-corrected chi connectivity index (χ3v) is 10.1. The lowest BCUT2D eigenvalue weighted by molar-refractivity contribution is -0.118. The van der Waals surface area contributed by atoms with Crippen LogP contribution in [0.15, 0.2) is 55.7 Å². The van der Waals surface area contributed by atoms with Crippen molar-refractivity contribution in [1.29, 1.82) is 5.26 Å². The number of carbonyl (C=O) groups is 1. The summed E-state index contributed by atoms with van der Waals surface area (Å²) in [5, 5.41) is 20.4. The van der Waals surface area contributed by atoms with E-state index >= 15 is 0 Å². The Hall–Kier alpha value is -2.15. The van der Waals surface area contributed by atoms with Gasteiger partial charge < -0.3 is 5.73 Å². The molecule has 1 saturated carbocycles. The summed E-state index contributed by atoms with van der Waals surface area (Å²) in [5.74, 6) is -0.110.